The lowest BCUT2D eigenvalue weighted by atomic mass is 10.0. The zero-order chi connectivity index (χ0) is 25.1. The van der Waals surface area contributed by atoms with Gasteiger partial charge in [0.25, 0.3) is 17.7 Å². The van der Waals surface area contributed by atoms with Crippen LogP contribution in [-0.4, -0.2) is 58.5 Å². The molecule has 3 aromatic rings. The number of nitrogens with zero attached hydrogens (tertiary/aromatic N) is 3. The number of fused-ring (bicyclic) bond motifs is 1. The summed E-state index contributed by atoms with van der Waals surface area (Å²) in [6.07, 6.45) is 3.92. The fraction of sp³-hybridized carbons (Fsp3) is 0.240. The average Bonchev–Trinajstić information content (AvgIpc) is 3.37. The predicted octanol–water partition coefficient (Wildman–Crippen LogP) is 3.15. The number of aromatic nitrogens is 2. The predicted molar refractivity (Wildman–Crippen MR) is 130 cm³/mol. The van der Waals surface area contributed by atoms with Crippen molar-refractivity contribution in [1.29, 1.82) is 0 Å². The average molecular weight is 508 g/mol. The van der Waals surface area contributed by atoms with E-state index in [0.717, 1.165) is 0 Å². The molecule has 2 aromatic carbocycles. The second kappa shape index (κ2) is 10.2. The monoisotopic (exact) mass is 507 g/mol. The van der Waals surface area contributed by atoms with E-state index in [1.54, 1.807) is 47.4 Å². The molecule has 1 saturated heterocycles. The largest absolute Gasteiger partial charge is 0.454 e. The Morgan fingerprint density at radius 3 is 2.50 bits per heavy atom. The van der Waals surface area contributed by atoms with Gasteiger partial charge in [-0.3, -0.25) is 14.4 Å². The maximum absolute atomic E-state index is 13.0. The van der Waals surface area contributed by atoms with Crippen LogP contribution in [0.3, 0.4) is 0 Å². The molecule has 1 aromatic heterocycles. The first-order valence-corrected chi connectivity index (χ1v) is 11.7. The maximum atomic E-state index is 13.0. The van der Waals surface area contributed by atoms with E-state index in [1.165, 1.54) is 12.4 Å². The standard InChI is InChI=1S/C25H22ClN5O5/c26-18-4-2-1-3-17(18)25(34)31-11-7-16(8-12-31)29-24(33)21-22(28-10-9-27-21)30-23(32)15-5-6-19-20(13-15)36-14-35-19/h1-6,9-10,13,16H,7-8,11-12,14H2,(H,29,33)(H,28,30,32). The number of rotatable bonds is 5. The number of ether oxygens (including phenoxy) is 2. The van der Waals surface area contributed by atoms with Crippen LogP contribution in [0.5, 0.6) is 11.5 Å². The lowest BCUT2D eigenvalue weighted by molar-refractivity contribution is 0.0697. The first kappa shape index (κ1) is 23.6. The van der Waals surface area contributed by atoms with Gasteiger partial charge < -0.3 is 25.0 Å². The van der Waals surface area contributed by atoms with E-state index < -0.39 is 11.8 Å². The number of benzene rings is 2. The number of anilines is 1. The SMILES string of the molecule is O=C(Nc1nccnc1C(=O)NC1CCN(C(=O)c2ccccc2Cl)CC1)c1ccc2c(c1)OCO2. The highest BCUT2D eigenvalue weighted by Crippen LogP contribution is 2.32. The molecule has 0 atom stereocenters. The highest BCUT2D eigenvalue weighted by molar-refractivity contribution is 6.33. The number of hydrogen-bond acceptors (Lipinski definition) is 7. The Kier molecular flexibility index (Phi) is 6.68. The number of piperidine rings is 1. The Labute approximate surface area is 211 Å². The third-order valence-electron chi connectivity index (χ3n) is 6.00. The number of likely N-dealkylation sites (tertiary alicyclic amines) is 1. The minimum Gasteiger partial charge on any atom is -0.454 e. The lowest BCUT2D eigenvalue weighted by Gasteiger charge is -2.32. The quantitative estimate of drug-likeness (QED) is 0.543. The lowest BCUT2D eigenvalue weighted by Crippen LogP contribution is -2.46. The van der Waals surface area contributed by atoms with Crippen LogP contribution in [0.2, 0.25) is 5.02 Å². The van der Waals surface area contributed by atoms with E-state index in [-0.39, 0.29) is 30.3 Å². The summed E-state index contributed by atoms with van der Waals surface area (Å²) in [5.41, 5.74) is 0.789. The van der Waals surface area contributed by atoms with Gasteiger partial charge in [0.2, 0.25) is 6.79 Å². The van der Waals surface area contributed by atoms with Gasteiger partial charge in [-0.05, 0) is 43.2 Å². The Bertz CT molecular complexity index is 1330. The number of amides is 3. The fourth-order valence-corrected chi connectivity index (χ4v) is 4.32. The number of carbonyl (C=O) groups is 3. The van der Waals surface area contributed by atoms with Crippen molar-refractivity contribution in [2.24, 2.45) is 0 Å². The van der Waals surface area contributed by atoms with Gasteiger partial charge in [0.1, 0.15) is 0 Å². The second-order valence-electron chi connectivity index (χ2n) is 8.30. The van der Waals surface area contributed by atoms with Crippen molar-refractivity contribution in [2.75, 3.05) is 25.2 Å². The summed E-state index contributed by atoms with van der Waals surface area (Å²) in [6, 6.07) is 11.6. The van der Waals surface area contributed by atoms with E-state index in [1.807, 2.05) is 0 Å². The minimum atomic E-state index is -0.464. The minimum absolute atomic E-state index is 0.00108. The molecule has 0 aliphatic carbocycles. The molecule has 10 nitrogen and oxygen atoms in total. The fourth-order valence-electron chi connectivity index (χ4n) is 4.10. The first-order chi connectivity index (χ1) is 17.5. The van der Waals surface area contributed by atoms with Crippen molar-refractivity contribution in [3.8, 4) is 11.5 Å². The number of hydrogen-bond donors (Lipinski definition) is 2. The summed E-state index contributed by atoms with van der Waals surface area (Å²) in [5.74, 6) is 0.0240. The van der Waals surface area contributed by atoms with Crippen LogP contribution < -0.4 is 20.1 Å². The molecule has 2 aliphatic rings. The van der Waals surface area contributed by atoms with E-state index in [4.69, 9.17) is 21.1 Å². The van der Waals surface area contributed by atoms with Crippen LogP contribution in [0.25, 0.3) is 0 Å². The summed E-state index contributed by atoms with van der Waals surface area (Å²) < 4.78 is 10.6. The Balaban J connectivity index is 1.20. The molecule has 11 heteroatoms. The van der Waals surface area contributed by atoms with Crippen molar-refractivity contribution >= 4 is 35.1 Å². The van der Waals surface area contributed by atoms with Crippen molar-refractivity contribution in [3.63, 3.8) is 0 Å². The first-order valence-electron chi connectivity index (χ1n) is 11.4. The van der Waals surface area contributed by atoms with Gasteiger partial charge >= 0.3 is 0 Å². The Morgan fingerprint density at radius 1 is 0.944 bits per heavy atom. The highest BCUT2D eigenvalue weighted by atomic mass is 35.5. The van der Waals surface area contributed by atoms with Gasteiger partial charge in [-0.1, -0.05) is 23.7 Å². The highest BCUT2D eigenvalue weighted by Gasteiger charge is 2.27. The van der Waals surface area contributed by atoms with Crippen LogP contribution in [0.4, 0.5) is 5.82 Å². The molecule has 36 heavy (non-hydrogen) atoms. The molecule has 2 aliphatic heterocycles. The van der Waals surface area contributed by atoms with E-state index in [2.05, 4.69) is 20.6 Å². The molecule has 184 valence electrons. The summed E-state index contributed by atoms with van der Waals surface area (Å²) in [7, 11) is 0. The van der Waals surface area contributed by atoms with Gasteiger partial charge in [-0.25, -0.2) is 9.97 Å². The molecule has 1 fully saturated rings. The molecule has 0 saturated carbocycles. The van der Waals surface area contributed by atoms with Crippen LogP contribution in [0.15, 0.2) is 54.9 Å². The van der Waals surface area contributed by atoms with Crippen molar-refractivity contribution in [3.05, 3.63) is 76.7 Å². The Morgan fingerprint density at radius 2 is 1.69 bits per heavy atom. The summed E-state index contributed by atoms with van der Waals surface area (Å²) in [4.78, 5) is 48.5. The molecular formula is C25H22ClN5O5. The molecule has 0 unspecified atom stereocenters. The molecule has 2 N–H and O–H groups in total. The van der Waals surface area contributed by atoms with Gasteiger partial charge in [0.15, 0.2) is 23.0 Å². The zero-order valence-electron chi connectivity index (χ0n) is 19.1. The van der Waals surface area contributed by atoms with Gasteiger partial charge in [-0.15, -0.1) is 0 Å². The molecule has 5 rings (SSSR count). The normalized spacial score (nSPS) is 14.9. The molecule has 0 bridgehead atoms. The topological polar surface area (TPSA) is 123 Å². The number of halogens is 1. The smallest absolute Gasteiger partial charge is 0.273 e. The zero-order valence-corrected chi connectivity index (χ0v) is 19.8. The van der Waals surface area contributed by atoms with Crippen LogP contribution >= 0.6 is 11.6 Å². The summed E-state index contributed by atoms with van der Waals surface area (Å²) >= 11 is 6.16. The van der Waals surface area contributed by atoms with Crippen molar-refractivity contribution in [2.45, 2.75) is 18.9 Å². The van der Waals surface area contributed by atoms with E-state index in [9.17, 15) is 14.4 Å². The third-order valence-corrected chi connectivity index (χ3v) is 6.33. The van der Waals surface area contributed by atoms with Gasteiger partial charge in [-0.2, -0.15) is 0 Å². The van der Waals surface area contributed by atoms with Crippen LogP contribution in [0, 0.1) is 0 Å². The van der Waals surface area contributed by atoms with E-state index >= 15 is 0 Å². The maximum Gasteiger partial charge on any atom is 0.273 e. The molecule has 0 radical (unpaired) electrons. The molecule has 3 amide bonds. The number of nitrogens with one attached hydrogen (secondary N) is 2. The third kappa shape index (κ3) is 4.94. The van der Waals surface area contributed by atoms with Crippen LogP contribution in [0.1, 0.15) is 44.0 Å². The Hall–Kier alpha value is -4.18. The molecule has 3 heterocycles. The van der Waals surface area contributed by atoms with Gasteiger partial charge in [0.05, 0.1) is 10.6 Å². The number of carbonyl (C=O) groups excluding carboxylic acids is 3. The van der Waals surface area contributed by atoms with Crippen molar-refractivity contribution < 1.29 is 23.9 Å². The molecule has 0 spiro atoms. The van der Waals surface area contributed by atoms with E-state index in [0.29, 0.717) is 53.6 Å². The second-order valence-corrected chi connectivity index (χ2v) is 8.70. The van der Waals surface area contributed by atoms with Crippen molar-refractivity contribution in [1.82, 2.24) is 20.2 Å². The summed E-state index contributed by atoms with van der Waals surface area (Å²) in [6.45, 7) is 1.05. The molecular weight excluding hydrogens is 486 g/mol. The summed E-state index contributed by atoms with van der Waals surface area (Å²) in [5, 5.41) is 6.00. The van der Waals surface area contributed by atoms with Gasteiger partial charge in [0, 0.05) is 37.1 Å². The van der Waals surface area contributed by atoms with Crippen LogP contribution in [-0.2, 0) is 0 Å².